The summed E-state index contributed by atoms with van der Waals surface area (Å²) in [5.74, 6) is 0. The summed E-state index contributed by atoms with van der Waals surface area (Å²) >= 11 is 3.04. The van der Waals surface area contributed by atoms with Crippen molar-refractivity contribution < 1.29 is 20.1 Å². The molecule has 0 aromatic rings. The third kappa shape index (κ3) is 2.17. The van der Waals surface area contributed by atoms with Crippen LogP contribution in [0.5, 0.6) is 0 Å². The topological polar surface area (TPSA) is 119 Å². The number of aliphatic hydroxyl groups excluding tert-OH is 3. The summed E-state index contributed by atoms with van der Waals surface area (Å²) in [7, 11) is 0. The van der Waals surface area contributed by atoms with Crippen LogP contribution >= 0.6 is 15.9 Å². The van der Waals surface area contributed by atoms with E-state index in [0.29, 0.717) is 0 Å². The van der Waals surface area contributed by atoms with Gasteiger partial charge in [0.1, 0.15) is 23.3 Å². The Morgan fingerprint density at radius 1 is 1.43 bits per heavy atom. The molecule has 0 saturated carbocycles. The molecule has 0 unspecified atom stereocenters. The first-order valence-electron chi connectivity index (χ1n) is 3.92. The van der Waals surface area contributed by atoms with Gasteiger partial charge in [-0.05, 0) is 5.53 Å². The Morgan fingerprint density at radius 3 is 2.57 bits per heavy atom. The van der Waals surface area contributed by atoms with Crippen LogP contribution in [0.4, 0.5) is 0 Å². The van der Waals surface area contributed by atoms with Gasteiger partial charge in [-0.15, -0.1) is 0 Å². The van der Waals surface area contributed by atoms with Crippen molar-refractivity contribution in [3.8, 4) is 0 Å². The molecule has 0 aromatic carbocycles. The van der Waals surface area contributed by atoms with E-state index in [-0.39, 0.29) is 0 Å². The maximum Gasteiger partial charge on any atom is 0.124 e. The highest BCUT2D eigenvalue weighted by Gasteiger charge is 2.42. The van der Waals surface area contributed by atoms with E-state index in [2.05, 4.69) is 26.0 Å². The van der Waals surface area contributed by atoms with E-state index >= 15 is 0 Å². The van der Waals surface area contributed by atoms with E-state index in [1.807, 2.05) is 0 Å². The largest absolute Gasteiger partial charge is 0.394 e. The minimum Gasteiger partial charge on any atom is -0.394 e. The number of halogens is 1. The SMILES string of the molecule is [N-]=[N+]=N[C@@H]1[C@@H](O)[C@@H](O)[C@@H](CO)O[C@@H]1Br. The van der Waals surface area contributed by atoms with E-state index < -0.39 is 36.0 Å². The molecular weight excluding hydrogens is 258 g/mol. The number of hydrogen-bond donors (Lipinski definition) is 3. The fraction of sp³-hybridized carbons (Fsp3) is 1.00. The van der Waals surface area contributed by atoms with Gasteiger partial charge in [0.05, 0.1) is 12.7 Å². The first kappa shape index (κ1) is 11.7. The van der Waals surface area contributed by atoms with Crippen LogP contribution in [-0.2, 0) is 4.74 Å². The van der Waals surface area contributed by atoms with Gasteiger partial charge < -0.3 is 20.1 Å². The van der Waals surface area contributed by atoms with Gasteiger partial charge in [-0.3, -0.25) is 0 Å². The standard InChI is InChI=1S/C6H10BrN3O4/c7-6-3(9-10-8)5(13)4(12)2(1-11)14-6/h2-6,11-13H,1H2/t2-,3-,4+,5-,6+/m1/s1. The molecule has 80 valence electrons. The van der Waals surface area contributed by atoms with Crippen molar-refractivity contribution in [3.63, 3.8) is 0 Å². The van der Waals surface area contributed by atoms with Crippen LogP contribution in [0.3, 0.4) is 0 Å². The maximum atomic E-state index is 9.50. The number of hydrogen-bond acceptors (Lipinski definition) is 5. The van der Waals surface area contributed by atoms with Gasteiger partial charge in [0.25, 0.3) is 0 Å². The molecule has 1 saturated heterocycles. The average Bonchev–Trinajstić information content (AvgIpc) is 2.18. The van der Waals surface area contributed by atoms with Crippen LogP contribution in [0, 0.1) is 0 Å². The second kappa shape index (κ2) is 4.92. The molecule has 0 aromatic heterocycles. The van der Waals surface area contributed by atoms with Crippen LogP contribution < -0.4 is 0 Å². The third-order valence-corrected chi connectivity index (χ3v) is 2.78. The van der Waals surface area contributed by atoms with Gasteiger partial charge in [0.2, 0.25) is 0 Å². The van der Waals surface area contributed by atoms with E-state index in [9.17, 15) is 10.2 Å². The summed E-state index contributed by atoms with van der Waals surface area (Å²) in [6.07, 6.45) is -3.38. The zero-order valence-electron chi connectivity index (χ0n) is 7.06. The van der Waals surface area contributed by atoms with Gasteiger partial charge in [-0.1, -0.05) is 21.0 Å². The average molecular weight is 268 g/mol. The van der Waals surface area contributed by atoms with Gasteiger partial charge in [0, 0.05) is 4.91 Å². The Bertz CT molecular complexity index is 247. The van der Waals surface area contributed by atoms with Crippen molar-refractivity contribution in [2.45, 2.75) is 29.4 Å². The second-order valence-electron chi connectivity index (χ2n) is 2.88. The highest BCUT2D eigenvalue weighted by molar-refractivity contribution is 9.09. The van der Waals surface area contributed by atoms with Crippen LogP contribution in [-0.4, -0.2) is 51.3 Å². The van der Waals surface area contributed by atoms with Crippen LogP contribution in [0.2, 0.25) is 0 Å². The monoisotopic (exact) mass is 267 g/mol. The molecule has 14 heavy (non-hydrogen) atoms. The summed E-state index contributed by atoms with van der Waals surface area (Å²) < 4.78 is 5.08. The molecule has 1 aliphatic heterocycles. The van der Waals surface area contributed by atoms with Crippen molar-refractivity contribution in [1.82, 2.24) is 0 Å². The molecule has 1 aliphatic rings. The van der Waals surface area contributed by atoms with Gasteiger partial charge in [0.15, 0.2) is 0 Å². The van der Waals surface area contributed by atoms with Gasteiger partial charge >= 0.3 is 0 Å². The number of azide groups is 1. The summed E-state index contributed by atoms with van der Waals surface area (Å²) in [6, 6.07) is -0.905. The Hall–Kier alpha value is -0.370. The zero-order chi connectivity index (χ0) is 10.7. The normalized spacial score (nSPS) is 43.0. The van der Waals surface area contributed by atoms with Crippen molar-refractivity contribution in [1.29, 1.82) is 0 Å². The van der Waals surface area contributed by atoms with Crippen molar-refractivity contribution in [2.75, 3.05) is 6.61 Å². The Kier molecular flexibility index (Phi) is 4.11. The predicted octanol–water partition coefficient (Wildman–Crippen LogP) is -0.501. The first-order valence-corrected chi connectivity index (χ1v) is 4.84. The summed E-state index contributed by atoms with van der Waals surface area (Å²) in [4.78, 5) is 2.53. The summed E-state index contributed by atoms with van der Waals surface area (Å²) in [6.45, 7) is -0.413. The van der Waals surface area contributed by atoms with E-state index in [0.717, 1.165) is 0 Å². The second-order valence-corrected chi connectivity index (χ2v) is 3.79. The summed E-state index contributed by atoms with van der Waals surface area (Å²) in [5.41, 5.74) is 8.20. The fourth-order valence-electron chi connectivity index (χ4n) is 1.24. The molecule has 1 heterocycles. The highest BCUT2D eigenvalue weighted by Crippen LogP contribution is 2.26. The lowest BCUT2D eigenvalue weighted by atomic mass is 9.99. The Morgan fingerprint density at radius 2 is 2.07 bits per heavy atom. The van der Waals surface area contributed by atoms with E-state index in [1.54, 1.807) is 0 Å². The zero-order valence-corrected chi connectivity index (χ0v) is 8.65. The lowest BCUT2D eigenvalue weighted by Crippen LogP contribution is -2.55. The van der Waals surface area contributed by atoms with Crippen LogP contribution in [0.1, 0.15) is 0 Å². The number of ether oxygens (including phenoxy) is 1. The molecule has 1 fully saturated rings. The molecular formula is C6H10BrN3O4. The van der Waals surface area contributed by atoms with Crippen molar-refractivity contribution in [2.24, 2.45) is 5.11 Å². The quantitative estimate of drug-likeness (QED) is 0.270. The number of nitrogens with zero attached hydrogens (tertiary/aromatic N) is 3. The van der Waals surface area contributed by atoms with Gasteiger partial charge in [-0.25, -0.2) is 0 Å². The molecule has 8 heteroatoms. The summed E-state index contributed by atoms with van der Waals surface area (Å²) in [5, 5.41) is 30.3. The molecule has 3 N–H and O–H groups in total. The molecule has 0 spiro atoms. The highest BCUT2D eigenvalue weighted by atomic mass is 79.9. The minimum absolute atomic E-state index is 0.413. The van der Waals surface area contributed by atoms with E-state index in [1.165, 1.54) is 0 Å². The lowest BCUT2D eigenvalue weighted by Gasteiger charge is -2.38. The van der Waals surface area contributed by atoms with Crippen molar-refractivity contribution in [3.05, 3.63) is 10.4 Å². The Labute approximate surface area is 88.1 Å². The smallest absolute Gasteiger partial charge is 0.124 e. The minimum atomic E-state index is -1.26. The molecule has 5 atom stereocenters. The Balaban J connectivity index is 2.78. The molecule has 1 rings (SSSR count). The lowest BCUT2D eigenvalue weighted by molar-refractivity contribution is -0.164. The molecule has 0 bridgehead atoms. The predicted molar refractivity (Wildman–Crippen MR) is 49.6 cm³/mol. The van der Waals surface area contributed by atoms with Crippen molar-refractivity contribution >= 4 is 15.9 Å². The van der Waals surface area contributed by atoms with Crippen LogP contribution in [0.25, 0.3) is 10.4 Å². The third-order valence-electron chi connectivity index (χ3n) is 2.02. The molecule has 7 nitrogen and oxygen atoms in total. The number of aliphatic hydroxyl groups is 3. The van der Waals surface area contributed by atoms with E-state index in [4.69, 9.17) is 15.4 Å². The molecule has 0 aliphatic carbocycles. The number of alkyl halides is 1. The fourth-order valence-corrected chi connectivity index (χ4v) is 1.93. The molecule has 0 radical (unpaired) electrons. The number of rotatable bonds is 2. The maximum absolute atomic E-state index is 9.50. The first-order chi connectivity index (χ1) is 6.61. The molecule has 0 amide bonds. The van der Waals surface area contributed by atoms with Crippen LogP contribution in [0.15, 0.2) is 5.11 Å². The van der Waals surface area contributed by atoms with Gasteiger partial charge in [-0.2, -0.15) is 0 Å².